The Morgan fingerprint density at radius 2 is 1.96 bits per heavy atom. The van der Waals surface area contributed by atoms with E-state index >= 15 is 0 Å². The van der Waals surface area contributed by atoms with E-state index in [-0.39, 0.29) is 24.0 Å². The lowest BCUT2D eigenvalue weighted by atomic mass is 10.1. The van der Waals surface area contributed by atoms with Crippen molar-refractivity contribution in [1.82, 2.24) is 20.4 Å². The lowest BCUT2D eigenvalue weighted by molar-refractivity contribution is 0.274. The molecule has 156 valence electrons. The predicted molar refractivity (Wildman–Crippen MR) is 128 cm³/mol. The van der Waals surface area contributed by atoms with Gasteiger partial charge < -0.3 is 24.9 Å². The van der Waals surface area contributed by atoms with E-state index in [2.05, 4.69) is 45.5 Å². The topological polar surface area (TPSA) is 56.0 Å². The van der Waals surface area contributed by atoms with Crippen LogP contribution in [0.15, 0.2) is 33.7 Å². The number of hydrogen-bond donors (Lipinski definition) is 2. The Labute approximate surface area is 185 Å². The Kier molecular flexibility index (Phi) is 9.53. The number of para-hydroxylation sites is 1. The van der Waals surface area contributed by atoms with E-state index in [4.69, 9.17) is 4.42 Å². The van der Waals surface area contributed by atoms with Crippen molar-refractivity contribution in [2.24, 2.45) is 4.99 Å². The van der Waals surface area contributed by atoms with Crippen molar-refractivity contribution in [3.63, 3.8) is 0 Å². The number of halogens is 1. The van der Waals surface area contributed by atoms with Gasteiger partial charge in [0.1, 0.15) is 11.3 Å². The number of nitrogens with one attached hydrogen (secondary N) is 2. The molecular formula is C21H34IN5O. The summed E-state index contributed by atoms with van der Waals surface area (Å²) in [6.07, 6.45) is 2.39. The summed E-state index contributed by atoms with van der Waals surface area (Å²) < 4.78 is 5.96. The summed E-state index contributed by atoms with van der Waals surface area (Å²) in [6.45, 7) is 9.58. The largest absolute Gasteiger partial charge is 0.459 e. The number of likely N-dealkylation sites (N-methyl/N-ethyl adjacent to an activating group) is 1. The van der Waals surface area contributed by atoms with Crippen molar-refractivity contribution in [3.05, 3.63) is 35.6 Å². The zero-order valence-electron chi connectivity index (χ0n) is 17.3. The fraction of sp³-hybridized carbons (Fsp3) is 0.571. The van der Waals surface area contributed by atoms with E-state index in [0.29, 0.717) is 6.54 Å². The van der Waals surface area contributed by atoms with Crippen molar-refractivity contribution in [1.29, 1.82) is 0 Å². The minimum atomic E-state index is 0. The molecule has 7 heteroatoms. The van der Waals surface area contributed by atoms with Gasteiger partial charge in [-0.3, -0.25) is 4.99 Å². The number of fused-ring (bicyclic) bond motifs is 1. The normalized spacial score (nSPS) is 16.6. The molecule has 0 spiro atoms. The first-order valence-electron chi connectivity index (χ1n) is 10.00. The lowest BCUT2D eigenvalue weighted by Gasteiger charge is -2.20. The third kappa shape index (κ3) is 6.35. The lowest BCUT2D eigenvalue weighted by Crippen LogP contribution is -2.38. The number of hydrogen-bond acceptors (Lipinski definition) is 4. The minimum Gasteiger partial charge on any atom is -0.459 e. The molecule has 0 amide bonds. The molecule has 1 aliphatic heterocycles. The van der Waals surface area contributed by atoms with Crippen molar-refractivity contribution in [3.8, 4) is 0 Å². The van der Waals surface area contributed by atoms with E-state index in [1.807, 2.05) is 25.2 Å². The molecule has 0 unspecified atom stereocenters. The quantitative estimate of drug-likeness (QED) is 0.277. The van der Waals surface area contributed by atoms with Crippen LogP contribution in [-0.2, 0) is 6.54 Å². The fourth-order valence-electron chi connectivity index (χ4n) is 3.61. The molecule has 2 aromatic rings. The molecule has 0 bridgehead atoms. The maximum absolute atomic E-state index is 5.96. The van der Waals surface area contributed by atoms with Crippen molar-refractivity contribution in [2.45, 2.75) is 26.3 Å². The van der Waals surface area contributed by atoms with Gasteiger partial charge in [0.15, 0.2) is 5.96 Å². The zero-order valence-corrected chi connectivity index (χ0v) is 19.7. The second-order valence-electron chi connectivity index (χ2n) is 7.35. The summed E-state index contributed by atoms with van der Waals surface area (Å²) >= 11 is 0. The highest BCUT2D eigenvalue weighted by atomic mass is 127. The van der Waals surface area contributed by atoms with Gasteiger partial charge >= 0.3 is 0 Å². The van der Waals surface area contributed by atoms with Crippen LogP contribution >= 0.6 is 24.0 Å². The van der Waals surface area contributed by atoms with Crippen molar-refractivity contribution < 1.29 is 4.42 Å². The summed E-state index contributed by atoms with van der Waals surface area (Å²) in [5.74, 6) is 1.79. The monoisotopic (exact) mass is 499 g/mol. The van der Waals surface area contributed by atoms with Gasteiger partial charge in [-0.25, -0.2) is 0 Å². The Hall–Kier alpha value is -1.32. The van der Waals surface area contributed by atoms with Gasteiger partial charge in [-0.1, -0.05) is 18.2 Å². The molecule has 1 aromatic carbocycles. The first-order chi connectivity index (χ1) is 13.2. The van der Waals surface area contributed by atoms with Crippen LogP contribution in [0.4, 0.5) is 0 Å². The van der Waals surface area contributed by atoms with Gasteiger partial charge in [-0.15, -0.1) is 24.0 Å². The van der Waals surface area contributed by atoms with Gasteiger partial charge in [-0.05, 0) is 52.5 Å². The molecular weight excluding hydrogens is 465 g/mol. The molecule has 1 aromatic heterocycles. The van der Waals surface area contributed by atoms with Gasteiger partial charge in [0, 0.05) is 37.6 Å². The van der Waals surface area contributed by atoms with E-state index in [1.165, 1.54) is 43.5 Å². The summed E-state index contributed by atoms with van der Waals surface area (Å²) in [4.78, 5) is 9.32. The van der Waals surface area contributed by atoms with E-state index < -0.39 is 0 Å². The number of aryl methyl sites for hydroxylation is 1. The minimum absolute atomic E-state index is 0. The number of furan rings is 1. The SMILES string of the molecule is CN=C(NCCCN1CCCN(C)CC1)NCc1oc2ccccc2c1C.I. The highest BCUT2D eigenvalue weighted by Gasteiger charge is 2.12. The average Bonchev–Trinajstić information content (AvgIpc) is 2.85. The Morgan fingerprint density at radius 3 is 2.75 bits per heavy atom. The number of guanidine groups is 1. The number of rotatable bonds is 6. The van der Waals surface area contributed by atoms with Gasteiger partial charge in [-0.2, -0.15) is 0 Å². The summed E-state index contributed by atoms with van der Waals surface area (Å²) in [5, 5.41) is 7.96. The van der Waals surface area contributed by atoms with Crippen LogP contribution in [0.2, 0.25) is 0 Å². The maximum atomic E-state index is 5.96. The number of benzene rings is 1. The van der Waals surface area contributed by atoms with Crippen LogP contribution in [-0.4, -0.2) is 69.1 Å². The Bertz CT molecular complexity index is 760. The highest BCUT2D eigenvalue weighted by Crippen LogP contribution is 2.24. The molecule has 28 heavy (non-hydrogen) atoms. The van der Waals surface area contributed by atoms with E-state index in [0.717, 1.165) is 36.8 Å². The molecule has 0 atom stereocenters. The molecule has 2 N–H and O–H groups in total. The van der Waals surface area contributed by atoms with Crippen LogP contribution < -0.4 is 10.6 Å². The molecule has 0 aliphatic carbocycles. The smallest absolute Gasteiger partial charge is 0.191 e. The van der Waals surface area contributed by atoms with E-state index in [9.17, 15) is 0 Å². The molecule has 3 rings (SSSR count). The third-order valence-electron chi connectivity index (χ3n) is 5.34. The Morgan fingerprint density at radius 1 is 1.14 bits per heavy atom. The summed E-state index contributed by atoms with van der Waals surface area (Å²) in [6, 6.07) is 8.17. The third-order valence-corrected chi connectivity index (χ3v) is 5.34. The Balaban J connectivity index is 0.00000280. The molecule has 1 saturated heterocycles. The molecule has 1 aliphatic rings. The van der Waals surface area contributed by atoms with Gasteiger partial charge in [0.05, 0.1) is 6.54 Å². The predicted octanol–water partition coefficient (Wildman–Crippen LogP) is 3.05. The molecule has 6 nitrogen and oxygen atoms in total. The van der Waals surface area contributed by atoms with Crippen LogP contribution in [0.1, 0.15) is 24.2 Å². The number of aliphatic imine (C=N–C) groups is 1. The van der Waals surface area contributed by atoms with Gasteiger partial charge in [0.25, 0.3) is 0 Å². The molecule has 1 fully saturated rings. The maximum Gasteiger partial charge on any atom is 0.191 e. The van der Waals surface area contributed by atoms with Crippen molar-refractivity contribution in [2.75, 3.05) is 53.4 Å². The summed E-state index contributed by atoms with van der Waals surface area (Å²) in [5.41, 5.74) is 2.14. The van der Waals surface area contributed by atoms with Crippen LogP contribution in [0.3, 0.4) is 0 Å². The molecule has 2 heterocycles. The molecule has 0 saturated carbocycles. The van der Waals surface area contributed by atoms with Crippen LogP contribution in [0.25, 0.3) is 11.0 Å². The van der Waals surface area contributed by atoms with Crippen LogP contribution in [0.5, 0.6) is 0 Å². The average molecular weight is 499 g/mol. The first kappa shape index (κ1) is 23.0. The number of nitrogens with zero attached hydrogens (tertiary/aromatic N) is 3. The van der Waals surface area contributed by atoms with Crippen LogP contribution in [0, 0.1) is 6.92 Å². The zero-order chi connectivity index (χ0) is 19.1. The molecule has 0 radical (unpaired) electrons. The standard InChI is InChI=1S/C21H33N5O.HI/c1-17-18-8-4-5-9-19(18)27-20(17)16-24-21(22-2)23-10-6-12-26-13-7-11-25(3)14-15-26;/h4-5,8-9H,6-7,10-16H2,1-3H3,(H2,22,23,24);1H. The summed E-state index contributed by atoms with van der Waals surface area (Å²) in [7, 11) is 4.02. The first-order valence-corrected chi connectivity index (χ1v) is 10.00. The second kappa shape index (κ2) is 11.6. The fourth-order valence-corrected chi connectivity index (χ4v) is 3.61. The van der Waals surface area contributed by atoms with Crippen molar-refractivity contribution >= 4 is 40.9 Å². The highest BCUT2D eigenvalue weighted by molar-refractivity contribution is 14.0. The second-order valence-corrected chi connectivity index (χ2v) is 7.35. The van der Waals surface area contributed by atoms with E-state index in [1.54, 1.807) is 0 Å². The van der Waals surface area contributed by atoms with Gasteiger partial charge in [0.2, 0.25) is 0 Å².